The summed E-state index contributed by atoms with van der Waals surface area (Å²) in [5, 5.41) is 16.8. The highest BCUT2D eigenvalue weighted by molar-refractivity contribution is 6.04. The minimum Gasteiger partial charge on any atom is -0.508 e. The molecule has 2 aromatic carbocycles. The molecule has 0 saturated heterocycles. The van der Waals surface area contributed by atoms with E-state index in [-0.39, 0.29) is 5.75 Å². The van der Waals surface area contributed by atoms with E-state index >= 15 is 0 Å². The minimum absolute atomic E-state index is 0.215. The van der Waals surface area contributed by atoms with Gasteiger partial charge in [0.2, 0.25) is 11.7 Å². The number of hydrazine groups is 1. The summed E-state index contributed by atoms with van der Waals surface area (Å²) in [5.41, 5.74) is 10.0. The van der Waals surface area contributed by atoms with Crippen LogP contribution in [0, 0.1) is 0 Å². The fraction of sp³-hybridized carbons (Fsp3) is 0.261. The zero-order chi connectivity index (χ0) is 21.5. The molecule has 1 aliphatic heterocycles. The first kappa shape index (κ1) is 20.6. The zero-order valence-electron chi connectivity index (χ0n) is 17.3. The molecule has 1 aromatic heterocycles. The van der Waals surface area contributed by atoms with Crippen molar-refractivity contribution in [3.63, 3.8) is 0 Å². The van der Waals surface area contributed by atoms with E-state index in [1.807, 2.05) is 18.2 Å². The van der Waals surface area contributed by atoms with Gasteiger partial charge in [0.1, 0.15) is 11.6 Å². The van der Waals surface area contributed by atoms with Crippen LogP contribution in [0.4, 0.5) is 0 Å². The molecular weight excluding hydrogens is 392 g/mol. The van der Waals surface area contributed by atoms with Gasteiger partial charge < -0.3 is 14.9 Å². The van der Waals surface area contributed by atoms with Crippen LogP contribution < -0.4 is 16.2 Å². The summed E-state index contributed by atoms with van der Waals surface area (Å²) < 4.78 is 5.31. The lowest BCUT2D eigenvalue weighted by atomic mass is 10.0. The maximum Gasteiger partial charge on any atom is 0.227 e. The number of phenolic OH excluding ortho intramolecular Hbond substituents is 1. The summed E-state index contributed by atoms with van der Waals surface area (Å²) >= 11 is 0. The van der Waals surface area contributed by atoms with Gasteiger partial charge in [-0.2, -0.15) is 4.98 Å². The minimum atomic E-state index is 0.215. The van der Waals surface area contributed by atoms with Crippen molar-refractivity contribution in [1.82, 2.24) is 26.3 Å². The average molecular weight is 419 g/mol. The SMILES string of the molecule is C=C1NNC(=NCCCNCCCc2nc(-c3ccc(O)cc3)no2)c2ccccc21. The number of fused-ring (bicyclic) bond motifs is 1. The lowest BCUT2D eigenvalue weighted by Gasteiger charge is -2.23. The Morgan fingerprint density at radius 2 is 1.77 bits per heavy atom. The summed E-state index contributed by atoms with van der Waals surface area (Å²) in [7, 11) is 0. The van der Waals surface area contributed by atoms with Gasteiger partial charge in [-0.1, -0.05) is 36.0 Å². The molecule has 8 nitrogen and oxygen atoms in total. The third-order valence-corrected chi connectivity index (χ3v) is 4.96. The number of aryl methyl sites for hydroxylation is 1. The normalized spacial score (nSPS) is 14.2. The molecule has 0 aliphatic carbocycles. The van der Waals surface area contributed by atoms with Crippen LogP contribution in [-0.4, -0.2) is 40.7 Å². The molecule has 0 radical (unpaired) electrons. The number of aliphatic imine (C=N–C) groups is 1. The molecule has 0 unspecified atom stereocenters. The molecule has 0 atom stereocenters. The van der Waals surface area contributed by atoms with Crippen molar-refractivity contribution in [2.75, 3.05) is 19.6 Å². The molecule has 160 valence electrons. The van der Waals surface area contributed by atoms with E-state index in [0.717, 1.165) is 67.1 Å². The molecule has 1 aliphatic rings. The summed E-state index contributed by atoms with van der Waals surface area (Å²) in [6.45, 7) is 6.50. The lowest BCUT2D eigenvalue weighted by Crippen LogP contribution is -2.41. The quantitative estimate of drug-likeness (QED) is 0.396. The van der Waals surface area contributed by atoms with Gasteiger partial charge in [0.15, 0.2) is 0 Å². The number of amidine groups is 1. The number of aromatic nitrogens is 2. The molecule has 8 heteroatoms. The van der Waals surface area contributed by atoms with Crippen LogP contribution in [0.2, 0.25) is 0 Å². The van der Waals surface area contributed by atoms with Crippen molar-refractivity contribution in [3.8, 4) is 17.1 Å². The molecule has 0 saturated carbocycles. The maximum atomic E-state index is 9.36. The van der Waals surface area contributed by atoms with Crippen molar-refractivity contribution in [1.29, 1.82) is 0 Å². The molecule has 4 rings (SSSR count). The Labute approximate surface area is 181 Å². The van der Waals surface area contributed by atoms with Crippen LogP contribution >= 0.6 is 0 Å². The van der Waals surface area contributed by atoms with E-state index in [4.69, 9.17) is 4.52 Å². The number of nitrogens with one attached hydrogen (secondary N) is 3. The largest absolute Gasteiger partial charge is 0.508 e. The number of hydrogen-bond acceptors (Lipinski definition) is 7. The average Bonchev–Trinajstić information content (AvgIpc) is 3.26. The van der Waals surface area contributed by atoms with E-state index < -0.39 is 0 Å². The van der Waals surface area contributed by atoms with Gasteiger partial charge in [-0.15, -0.1) is 0 Å². The highest BCUT2D eigenvalue weighted by Crippen LogP contribution is 2.20. The summed E-state index contributed by atoms with van der Waals surface area (Å²) in [6.07, 6.45) is 2.57. The molecule has 0 amide bonds. The molecule has 31 heavy (non-hydrogen) atoms. The Bertz CT molecular complexity index is 1060. The first-order valence-electron chi connectivity index (χ1n) is 10.4. The maximum absolute atomic E-state index is 9.36. The van der Waals surface area contributed by atoms with Gasteiger partial charge in [0, 0.05) is 29.7 Å². The predicted octanol–water partition coefficient (Wildman–Crippen LogP) is 2.88. The lowest BCUT2D eigenvalue weighted by molar-refractivity contribution is 0.375. The topological polar surface area (TPSA) is 108 Å². The van der Waals surface area contributed by atoms with E-state index in [9.17, 15) is 5.11 Å². The van der Waals surface area contributed by atoms with Gasteiger partial charge in [0.25, 0.3) is 0 Å². The second kappa shape index (κ2) is 9.90. The van der Waals surface area contributed by atoms with Gasteiger partial charge in [0.05, 0.1) is 5.70 Å². The van der Waals surface area contributed by atoms with Crippen molar-refractivity contribution in [3.05, 3.63) is 72.1 Å². The van der Waals surface area contributed by atoms with Crippen LogP contribution in [-0.2, 0) is 6.42 Å². The third kappa shape index (κ3) is 5.29. The Hall–Kier alpha value is -3.65. The van der Waals surface area contributed by atoms with E-state index in [1.165, 1.54) is 0 Å². The fourth-order valence-corrected chi connectivity index (χ4v) is 3.32. The number of benzene rings is 2. The van der Waals surface area contributed by atoms with E-state index in [0.29, 0.717) is 11.7 Å². The third-order valence-electron chi connectivity index (χ3n) is 4.96. The zero-order valence-corrected chi connectivity index (χ0v) is 17.3. The number of phenols is 1. The first-order valence-corrected chi connectivity index (χ1v) is 10.4. The monoisotopic (exact) mass is 418 g/mol. The van der Waals surface area contributed by atoms with E-state index in [2.05, 4.69) is 43.9 Å². The van der Waals surface area contributed by atoms with Gasteiger partial charge >= 0.3 is 0 Å². The number of rotatable bonds is 9. The fourth-order valence-electron chi connectivity index (χ4n) is 3.32. The highest BCUT2D eigenvalue weighted by atomic mass is 16.5. The summed E-state index contributed by atoms with van der Waals surface area (Å²) in [4.78, 5) is 9.08. The number of aromatic hydroxyl groups is 1. The summed E-state index contributed by atoms with van der Waals surface area (Å²) in [6, 6.07) is 14.8. The molecule has 3 aromatic rings. The van der Waals surface area contributed by atoms with Crippen LogP contribution in [0.15, 0.2) is 64.6 Å². The van der Waals surface area contributed by atoms with Crippen molar-refractivity contribution >= 4 is 11.5 Å². The second-order valence-electron chi connectivity index (χ2n) is 7.27. The van der Waals surface area contributed by atoms with Crippen LogP contribution in [0.25, 0.3) is 17.1 Å². The van der Waals surface area contributed by atoms with Crippen molar-refractivity contribution in [2.24, 2.45) is 4.99 Å². The number of nitrogens with zero attached hydrogens (tertiary/aromatic N) is 3. The van der Waals surface area contributed by atoms with E-state index in [1.54, 1.807) is 24.3 Å². The molecule has 0 bridgehead atoms. The smallest absolute Gasteiger partial charge is 0.227 e. The first-order chi connectivity index (χ1) is 15.2. The summed E-state index contributed by atoms with van der Waals surface area (Å²) in [5.74, 6) is 2.22. The van der Waals surface area contributed by atoms with Gasteiger partial charge in [-0.05, 0) is 50.2 Å². The molecular formula is C23H26N6O2. The van der Waals surface area contributed by atoms with Gasteiger partial charge in [-0.3, -0.25) is 15.8 Å². The van der Waals surface area contributed by atoms with Crippen molar-refractivity contribution in [2.45, 2.75) is 19.3 Å². The predicted molar refractivity (Wildman–Crippen MR) is 120 cm³/mol. The van der Waals surface area contributed by atoms with Crippen LogP contribution in [0.1, 0.15) is 29.9 Å². The standard InChI is InChI=1S/C23H26N6O2/c1-16-19-6-2-3-7-20(19)23(28-27-16)25-15-5-14-24-13-4-8-21-26-22(29-31-21)17-9-11-18(30)12-10-17/h2-3,6-7,9-12,24,27,30H,1,4-5,8,13-15H2,(H,25,28). The van der Waals surface area contributed by atoms with Crippen molar-refractivity contribution < 1.29 is 9.63 Å². The Kier molecular flexibility index (Phi) is 6.59. The molecule has 0 fully saturated rings. The Balaban J connectivity index is 1.14. The molecule has 4 N–H and O–H groups in total. The number of hydrogen-bond donors (Lipinski definition) is 4. The Morgan fingerprint density at radius 3 is 2.61 bits per heavy atom. The Morgan fingerprint density at radius 1 is 1.00 bits per heavy atom. The highest BCUT2D eigenvalue weighted by Gasteiger charge is 2.16. The second-order valence-corrected chi connectivity index (χ2v) is 7.27. The van der Waals surface area contributed by atoms with Crippen LogP contribution in [0.3, 0.4) is 0 Å². The molecule has 2 heterocycles. The van der Waals surface area contributed by atoms with Gasteiger partial charge in [-0.25, -0.2) is 0 Å². The molecule has 0 spiro atoms. The van der Waals surface area contributed by atoms with Crippen LogP contribution in [0.5, 0.6) is 5.75 Å².